The van der Waals surface area contributed by atoms with Gasteiger partial charge < -0.3 is 10.1 Å². The van der Waals surface area contributed by atoms with Crippen LogP contribution in [0, 0.1) is 0 Å². The fourth-order valence-electron chi connectivity index (χ4n) is 2.34. The highest BCUT2D eigenvalue weighted by atomic mass is 79.9. The van der Waals surface area contributed by atoms with Crippen molar-refractivity contribution in [3.05, 3.63) is 44.6 Å². The molecule has 0 aliphatic rings. The Morgan fingerprint density at radius 3 is 2.67 bits per heavy atom. The first-order chi connectivity index (χ1) is 10.1. The summed E-state index contributed by atoms with van der Waals surface area (Å²) in [6.07, 6.45) is 1.84. The Morgan fingerprint density at radius 1 is 1.29 bits per heavy atom. The zero-order valence-corrected chi connectivity index (χ0v) is 15.5. The van der Waals surface area contributed by atoms with Crippen LogP contribution in [-0.2, 0) is 6.54 Å². The number of hydrogen-bond acceptors (Lipinski definition) is 3. The van der Waals surface area contributed by atoms with Gasteiger partial charge in [-0.15, -0.1) is 0 Å². The highest BCUT2D eigenvalue weighted by Gasteiger charge is 2.23. The van der Waals surface area contributed by atoms with Crippen molar-refractivity contribution < 1.29 is 4.74 Å². The van der Waals surface area contributed by atoms with E-state index in [0.29, 0.717) is 0 Å². The molecule has 0 spiro atoms. The van der Waals surface area contributed by atoms with Gasteiger partial charge in [0.15, 0.2) is 0 Å². The van der Waals surface area contributed by atoms with Gasteiger partial charge in [-0.2, -0.15) is 5.10 Å². The Labute approximate surface area is 142 Å². The van der Waals surface area contributed by atoms with Gasteiger partial charge in [-0.1, -0.05) is 22.9 Å². The third-order valence-corrected chi connectivity index (χ3v) is 4.66. The molecular weight excluding hydrogens is 398 g/mol. The average molecular weight is 417 g/mol. The molecule has 114 valence electrons. The van der Waals surface area contributed by atoms with Crippen LogP contribution in [0.3, 0.4) is 0 Å². The van der Waals surface area contributed by atoms with Crippen LogP contribution in [0.2, 0.25) is 0 Å². The molecule has 0 saturated carbocycles. The van der Waals surface area contributed by atoms with Crippen LogP contribution in [0.5, 0.6) is 5.75 Å². The molecule has 1 unspecified atom stereocenters. The van der Waals surface area contributed by atoms with E-state index >= 15 is 0 Å². The number of hydrogen-bond donors (Lipinski definition) is 1. The van der Waals surface area contributed by atoms with E-state index < -0.39 is 0 Å². The lowest BCUT2D eigenvalue weighted by atomic mass is 10.0. The number of halogens is 2. The zero-order chi connectivity index (χ0) is 15.4. The van der Waals surface area contributed by atoms with Crippen LogP contribution < -0.4 is 10.1 Å². The number of aromatic nitrogens is 2. The van der Waals surface area contributed by atoms with Crippen molar-refractivity contribution in [1.29, 1.82) is 0 Å². The van der Waals surface area contributed by atoms with E-state index in [-0.39, 0.29) is 6.04 Å². The SMILES string of the molecule is CCNC(c1cc(OC)ccc1Br)c1c(Br)cnn1CC. The van der Waals surface area contributed by atoms with E-state index in [0.717, 1.165) is 39.0 Å². The van der Waals surface area contributed by atoms with Gasteiger partial charge in [-0.25, -0.2) is 0 Å². The first kappa shape index (κ1) is 16.5. The van der Waals surface area contributed by atoms with Gasteiger partial charge >= 0.3 is 0 Å². The lowest BCUT2D eigenvalue weighted by Gasteiger charge is -2.22. The van der Waals surface area contributed by atoms with E-state index in [1.165, 1.54) is 0 Å². The molecule has 1 heterocycles. The summed E-state index contributed by atoms with van der Waals surface area (Å²) in [6.45, 7) is 5.87. The molecule has 1 atom stereocenters. The summed E-state index contributed by atoms with van der Waals surface area (Å²) in [6, 6.07) is 6.05. The fourth-order valence-corrected chi connectivity index (χ4v) is 3.34. The number of aryl methyl sites for hydroxylation is 1. The molecule has 0 amide bonds. The minimum Gasteiger partial charge on any atom is -0.497 e. The second-order valence-electron chi connectivity index (χ2n) is 4.57. The third-order valence-electron chi connectivity index (χ3n) is 3.33. The summed E-state index contributed by atoms with van der Waals surface area (Å²) in [5.74, 6) is 0.842. The number of rotatable bonds is 6. The standard InChI is InChI=1S/C15H19Br2N3O/c1-4-18-14(15-13(17)9-19-20(15)5-2)11-8-10(21-3)6-7-12(11)16/h6-9,14,18H,4-5H2,1-3H3. The number of benzene rings is 1. The Morgan fingerprint density at radius 2 is 2.05 bits per heavy atom. The summed E-state index contributed by atoms with van der Waals surface area (Å²) in [5, 5.41) is 7.95. The average Bonchev–Trinajstić information content (AvgIpc) is 2.86. The molecule has 6 heteroatoms. The monoisotopic (exact) mass is 415 g/mol. The summed E-state index contributed by atoms with van der Waals surface area (Å²) < 4.78 is 9.41. The summed E-state index contributed by atoms with van der Waals surface area (Å²) >= 11 is 7.26. The predicted molar refractivity (Wildman–Crippen MR) is 91.8 cm³/mol. The van der Waals surface area contributed by atoms with Gasteiger partial charge in [0.25, 0.3) is 0 Å². The Balaban J connectivity index is 2.55. The van der Waals surface area contributed by atoms with Gasteiger partial charge in [-0.05, 0) is 53.2 Å². The van der Waals surface area contributed by atoms with Crippen LogP contribution in [-0.4, -0.2) is 23.4 Å². The van der Waals surface area contributed by atoms with Crippen molar-refractivity contribution >= 4 is 31.9 Å². The molecule has 1 N–H and O–H groups in total. The quantitative estimate of drug-likeness (QED) is 0.769. The molecule has 4 nitrogen and oxygen atoms in total. The molecule has 0 bridgehead atoms. The van der Waals surface area contributed by atoms with Crippen molar-refractivity contribution in [2.24, 2.45) is 0 Å². The predicted octanol–water partition coefficient (Wildman–Crippen LogP) is 4.14. The summed E-state index contributed by atoms with van der Waals surface area (Å²) in [5.41, 5.74) is 2.25. The second kappa shape index (κ2) is 7.42. The van der Waals surface area contributed by atoms with Gasteiger partial charge in [-0.3, -0.25) is 4.68 Å². The second-order valence-corrected chi connectivity index (χ2v) is 6.28. The fraction of sp³-hybridized carbons (Fsp3) is 0.400. The number of methoxy groups -OCH3 is 1. The van der Waals surface area contributed by atoms with E-state index in [9.17, 15) is 0 Å². The van der Waals surface area contributed by atoms with Crippen molar-refractivity contribution in [2.45, 2.75) is 26.4 Å². The van der Waals surface area contributed by atoms with E-state index in [4.69, 9.17) is 4.74 Å². The maximum atomic E-state index is 5.36. The lowest BCUT2D eigenvalue weighted by Crippen LogP contribution is -2.25. The highest BCUT2D eigenvalue weighted by molar-refractivity contribution is 9.10. The van der Waals surface area contributed by atoms with Crippen LogP contribution in [0.4, 0.5) is 0 Å². The molecule has 2 rings (SSSR count). The van der Waals surface area contributed by atoms with Gasteiger partial charge in [0.1, 0.15) is 5.75 Å². The normalized spacial score (nSPS) is 12.4. The number of nitrogens with zero attached hydrogens (tertiary/aromatic N) is 2. The molecule has 21 heavy (non-hydrogen) atoms. The molecule has 1 aromatic heterocycles. The maximum absolute atomic E-state index is 5.36. The van der Waals surface area contributed by atoms with E-state index in [1.807, 2.05) is 23.0 Å². The highest BCUT2D eigenvalue weighted by Crippen LogP contribution is 2.34. The molecule has 0 radical (unpaired) electrons. The Hall–Kier alpha value is -0.850. The van der Waals surface area contributed by atoms with Crippen LogP contribution in [0.15, 0.2) is 33.3 Å². The first-order valence-electron chi connectivity index (χ1n) is 6.90. The molecule has 0 aliphatic heterocycles. The molecule has 0 fully saturated rings. The summed E-state index contributed by atoms with van der Waals surface area (Å²) in [4.78, 5) is 0. The largest absolute Gasteiger partial charge is 0.497 e. The molecular formula is C15H19Br2N3O. The van der Waals surface area contributed by atoms with E-state index in [1.54, 1.807) is 7.11 Å². The lowest BCUT2D eigenvalue weighted by molar-refractivity contribution is 0.413. The molecule has 1 aromatic carbocycles. The third kappa shape index (κ3) is 3.49. The van der Waals surface area contributed by atoms with Crippen molar-refractivity contribution in [3.63, 3.8) is 0 Å². The zero-order valence-electron chi connectivity index (χ0n) is 12.4. The summed E-state index contributed by atoms with van der Waals surface area (Å²) in [7, 11) is 1.68. The molecule has 0 aliphatic carbocycles. The van der Waals surface area contributed by atoms with Gasteiger partial charge in [0.05, 0.1) is 29.5 Å². The smallest absolute Gasteiger partial charge is 0.119 e. The minimum atomic E-state index is 0.0382. The topological polar surface area (TPSA) is 39.1 Å². The maximum Gasteiger partial charge on any atom is 0.119 e. The van der Waals surface area contributed by atoms with Crippen molar-refractivity contribution in [2.75, 3.05) is 13.7 Å². The first-order valence-corrected chi connectivity index (χ1v) is 8.48. The molecule has 0 saturated heterocycles. The van der Waals surface area contributed by atoms with E-state index in [2.05, 4.69) is 62.2 Å². The Bertz CT molecular complexity index is 613. The van der Waals surface area contributed by atoms with Crippen LogP contribution in [0.25, 0.3) is 0 Å². The molecule has 2 aromatic rings. The number of ether oxygens (including phenoxy) is 1. The Kier molecular flexibility index (Phi) is 5.84. The number of nitrogens with one attached hydrogen (secondary N) is 1. The van der Waals surface area contributed by atoms with Crippen molar-refractivity contribution in [3.8, 4) is 5.75 Å². The van der Waals surface area contributed by atoms with Gasteiger partial charge in [0.2, 0.25) is 0 Å². The van der Waals surface area contributed by atoms with Crippen molar-refractivity contribution in [1.82, 2.24) is 15.1 Å². The minimum absolute atomic E-state index is 0.0382. The van der Waals surface area contributed by atoms with Crippen LogP contribution in [0.1, 0.15) is 31.1 Å². The van der Waals surface area contributed by atoms with Gasteiger partial charge in [0, 0.05) is 11.0 Å². The van der Waals surface area contributed by atoms with Crippen LogP contribution >= 0.6 is 31.9 Å².